The molecule has 1 aromatic rings. The molecular formula is C20H32N4O3. The van der Waals surface area contributed by atoms with Crippen LogP contribution in [-0.4, -0.2) is 50.1 Å². The Balaban J connectivity index is 2.09. The molecule has 1 fully saturated rings. The van der Waals surface area contributed by atoms with Crippen LogP contribution in [0.25, 0.3) is 0 Å². The number of ether oxygens (including phenoxy) is 1. The summed E-state index contributed by atoms with van der Waals surface area (Å²) >= 11 is 0. The van der Waals surface area contributed by atoms with Gasteiger partial charge in [0.1, 0.15) is 5.75 Å². The minimum atomic E-state index is -0.982. The molecule has 0 unspecified atom stereocenters. The molecule has 0 bridgehead atoms. The molecule has 0 saturated carbocycles. The third-order valence-corrected chi connectivity index (χ3v) is 4.83. The second-order valence-electron chi connectivity index (χ2n) is 7.53. The van der Waals surface area contributed by atoms with Crippen molar-refractivity contribution in [2.75, 3.05) is 31.1 Å². The summed E-state index contributed by atoms with van der Waals surface area (Å²) in [6.07, 6.45) is 3.51. The fraction of sp³-hybridized carbons (Fsp3) is 0.600. The summed E-state index contributed by atoms with van der Waals surface area (Å²) in [5.41, 5.74) is 6.70. The summed E-state index contributed by atoms with van der Waals surface area (Å²) in [7, 11) is 0. The fourth-order valence-corrected chi connectivity index (χ4v) is 3.28. The Kier molecular flexibility index (Phi) is 7.47. The summed E-state index contributed by atoms with van der Waals surface area (Å²) in [6, 6.07) is 6.03. The van der Waals surface area contributed by atoms with E-state index in [2.05, 4.69) is 22.5 Å². The van der Waals surface area contributed by atoms with Gasteiger partial charge in [0, 0.05) is 37.4 Å². The number of hydrogen-bond donors (Lipinski definition) is 3. The molecular weight excluding hydrogens is 344 g/mol. The number of amides is 2. The van der Waals surface area contributed by atoms with Gasteiger partial charge in [-0.25, -0.2) is 0 Å². The molecule has 27 heavy (non-hydrogen) atoms. The van der Waals surface area contributed by atoms with Gasteiger partial charge in [0.25, 0.3) is 5.91 Å². The Labute approximate surface area is 161 Å². The van der Waals surface area contributed by atoms with E-state index in [1.807, 2.05) is 18.2 Å². The summed E-state index contributed by atoms with van der Waals surface area (Å²) in [6.45, 7) is 8.36. The van der Waals surface area contributed by atoms with Crippen LogP contribution in [0.1, 0.15) is 38.7 Å². The van der Waals surface area contributed by atoms with Crippen molar-refractivity contribution >= 4 is 18.0 Å². The first-order valence-electron chi connectivity index (χ1n) is 9.60. The Morgan fingerprint density at radius 3 is 2.93 bits per heavy atom. The van der Waals surface area contributed by atoms with E-state index in [1.165, 1.54) is 0 Å². The molecule has 0 spiro atoms. The smallest absolute Gasteiger partial charge is 0.263 e. The maximum Gasteiger partial charge on any atom is 0.263 e. The van der Waals surface area contributed by atoms with Crippen molar-refractivity contribution in [3.05, 3.63) is 23.8 Å². The minimum absolute atomic E-state index is 0.157. The van der Waals surface area contributed by atoms with Crippen LogP contribution in [0.15, 0.2) is 18.2 Å². The number of carbonyl (C=O) groups excluding carboxylic acids is 2. The van der Waals surface area contributed by atoms with Gasteiger partial charge in [0.15, 0.2) is 5.60 Å². The van der Waals surface area contributed by atoms with E-state index in [0.29, 0.717) is 18.8 Å². The molecule has 7 heteroatoms. The summed E-state index contributed by atoms with van der Waals surface area (Å²) < 4.78 is 6.01. The lowest BCUT2D eigenvalue weighted by Gasteiger charge is -2.35. The normalized spacial score (nSPS) is 17.3. The maximum atomic E-state index is 12.4. The van der Waals surface area contributed by atoms with Gasteiger partial charge in [-0.15, -0.1) is 0 Å². The van der Waals surface area contributed by atoms with Gasteiger partial charge in [-0.05, 0) is 58.2 Å². The molecule has 1 aromatic carbocycles. The summed E-state index contributed by atoms with van der Waals surface area (Å²) in [5.74, 6) is 0.492. The van der Waals surface area contributed by atoms with Gasteiger partial charge < -0.3 is 26.0 Å². The van der Waals surface area contributed by atoms with Crippen molar-refractivity contribution in [1.82, 2.24) is 10.6 Å². The van der Waals surface area contributed by atoms with Crippen LogP contribution in [0.3, 0.4) is 0 Å². The monoisotopic (exact) mass is 376 g/mol. The molecule has 1 aliphatic heterocycles. The Morgan fingerprint density at radius 2 is 2.22 bits per heavy atom. The molecule has 4 N–H and O–H groups in total. The number of nitrogens with one attached hydrogen (secondary N) is 2. The van der Waals surface area contributed by atoms with E-state index in [-0.39, 0.29) is 11.9 Å². The second kappa shape index (κ2) is 9.60. The number of anilines is 1. The first kappa shape index (κ1) is 21.0. The van der Waals surface area contributed by atoms with Crippen LogP contribution in [-0.2, 0) is 9.59 Å². The quantitative estimate of drug-likeness (QED) is 0.446. The van der Waals surface area contributed by atoms with Crippen molar-refractivity contribution in [3.63, 3.8) is 0 Å². The Hall–Kier alpha value is -2.28. The van der Waals surface area contributed by atoms with Crippen molar-refractivity contribution < 1.29 is 14.3 Å². The molecule has 0 aromatic heterocycles. The third-order valence-electron chi connectivity index (χ3n) is 4.83. The lowest BCUT2D eigenvalue weighted by Crippen LogP contribution is -2.47. The Morgan fingerprint density at radius 1 is 1.44 bits per heavy atom. The van der Waals surface area contributed by atoms with Gasteiger partial charge in [0.05, 0.1) is 0 Å². The van der Waals surface area contributed by atoms with Crippen LogP contribution >= 0.6 is 0 Å². The van der Waals surface area contributed by atoms with Crippen LogP contribution in [0, 0.1) is 6.92 Å². The molecule has 0 radical (unpaired) electrons. The second-order valence-corrected chi connectivity index (χ2v) is 7.53. The molecule has 2 amide bonds. The van der Waals surface area contributed by atoms with Crippen LogP contribution < -0.4 is 26.0 Å². The van der Waals surface area contributed by atoms with Crippen LogP contribution in [0.4, 0.5) is 5.69 Å². The number of hydrogen-bond acceptors (Lipinski definition) is 5. The molecule has 7 nitrogen and oxygen atoms in total. The molecule has 1 saturated heterocycles. The first-order valence-corrected chi connectivity index (χ1v) is 9.60. The number of nitrogens with zero attached hydrogens (tertiary/aromatic N) is 1. The summed E-state index contributed by atoms with van der Waals surface area (Å²) in [4.78, 5) is 25.4. The first-order chi connectivity index (χ1) is 12.9. The highest BCUT2D eigenvalue weighted by Crippen LogP contribution is 2.30. The molecule has 1 atom stereocenters. The SMILES string of the molecule is Cc1ccc(OC(C)(C)C(=O)NCCCN)cc1N1CCC[C@@H](NC=O)C1. The topological polar surface area (TPSA) is 96.7 Å². The van der Waals surface area contributed by atoms with E-state index in [4.69, 9.17) is 10.5 Å². The highest BCUT2D eigenvalue weighted by molar-refractivity contribution is 5.84. The molecule has 1 heterocycles. The van der Waals surface area contributed by atoms with Gasteiger partial charge >= 0.3 is 0 Å². The fourth-order valence-electron chi connectivity index (χ4n) is 3.28. The predicted molar refractivity (Wildman–Crippen MR) is 107 cm³/mol. The van der Waals surface area contributed by atoms with Crippen molar-refractivity contribution in [1.29, 1.82) is 0 Å². The van der Waals surface area contributed by atoms with Crippen molar-refractivity contribution in [2.24, 2.45) is 5.73 Å². The van der Waals surface area contributed by atoms with Crippen molar-refractivity contribution in [3.8, 4) is 5.75 Å². The molecule has 0 aliphatic carbocycles. The lowest BCUT2D eigenvalue weighted by molar-refractivity contribution is -0.134. The average Bonchev–Trinajstić information content (AvgIpc) is 2.63. The number of piperidine rings is 1. The highest BCUT2D eigenvalue weighted by atomic mass is 16.5. The minimum Gasteiger partial charge on any atom is -0.478 e. The van der Waals surface area contributed by atoms with E-state index >= 15 is 0 Å². The standard InChI is InChI=1S/C20H32N4O3/c1-15-7-8-17(27-20(2,3)19(26)22-10-5-9-21)12-18(15)24-11-4-6-16(13-24)23-14-25/h7-8,12,14,16H,4-6,9-11,13,21H2,1-3H3,(H,22,26)(H,23,25)/t16-/m1/s1. The number of benzene rings is 1. The largest absolute Gasteiger partial charge is 0.478 e. The average molecular weight is 377 g/mol. The van der Waals surface area contributed by atoms with E-state index < -0.39 is 5.60 Å². The predicted octanol–water partition coefficient (Wildman–Crippen LogP) is 1.33. The Bertz CT molecular complexity index is 648. The van der Waals surface area contributed by atoms with Crippen molar-refractivity contribution in [2.45, 2.75) is 51.7 Å². The summed E-state index contributed by atoms with van der Waals surface area (Å²) in [5, 5.41) is 5.74. The molecule has 2 rings (SSSR count). The van der Waals surface area contributed by atoms with Gasteiger partial charge in [-0.1, -0.05) is 6.07 Å². The zero-order valence-corrected chi connectivity index (χ0v) is 16.6. The van der Waals surface area contributed by atoms with E-state index in [0.717, 1.165) is 50.0 Å². The van der Waals surface area contributed by atoms with Crippen LogP contribution in [0.5, 0.6) is 5.75 Å². The third kappa shape index (κ3) is 5.85. The number of aryl methyl sites for hydroxylation is 1. The maximum absolute atomic E-state index is 12.4. The van der Waals surface area contributed by atoms with Gasteiger partial charge in [-0.3, -0.25) is 9.59 Å². The van der Waals surface area contributed by atoms with Gasteiger partial charge in [-0.2, -0.15) is 0 Å². The number of rotatable bonds is 9. The van der Waals surface area contributed by atoms with E-state index in [1.54, 1.807) is 13.8 Å². The molecule has 150 valence electrons. The number of carbonyl (C=O) groups is 2. The van der Waals surface area contributed by atoms with E-state index in [9.17, 15) is 9.59 Å². The zero-order chi connectivity index (χ0) is 19.9. The zero-order valence-electron chi connectivity index (χ0n) is 16.6. The molecule has 1 aliphatic rings. The number of nitrogens with two attached hydrogens (primary N) is 1. The lowest BCUT2D eigenvalue weighted by atomic mass is 10.0. The highest BCUT2D eigenvalue weighted by Gasteiger charge is 2.30. The van der Waals surface area contributed by atoms with Gasteiger partial charge in [0.2, 0.25) is 6.41 Å². The van der Waals surface area contributed by atoms with Crippen LogP contribution in [0.2, 0.25) is 0 Å².